The van der Waals surface area contributed by atoms with Gasteiger partial charge in [0.1, 0.15) is 5.75 Å². The highest BCUT2D eigenvalue weighted by atomic mass is 32.2. The largest absolute Gasteiger partial charge is 0.497 e. The molecule has 2 atom stereocenters. The Morgan fingerprint density at radius 2 is 1.78 bits per heavy atom. The maximum atomic E-state index is 13.1. The van der Waals surface area contributed by atoms with Gasteiger partial charge in [0.25, 0.3) is 0 Å². The van der Waals surface area contributed by atoms with Gasteiger partial charge in [-0.3, -0.25) is 0 Å². The second kappa shape index (κ2) is 7.17. The minimum absolute atomic E-state index is 0.295. The molecule has 0 unspecified atom stereocenters. The summed E-state index contributed by atoms with van der Waals surface area (Å²) in [7, 11) is -1.97. The highest BCUT2D eigenvalue weighted by molar-refractivity contribution is 7.91. The summed E-state index contributed by atoms with van der Waals surface area (Å²) in [5, 5.41) is 3.62. The molecule has 0 spiro atoms. The Kier molecular flexibility index (Phi) is 4.86. The first kappa shape index (κ1) is 18.3. The lowest BCUT2D eigenvalue weighted by molar-refractivity contribution is 0.298. The van der Waals surface area contributed by atoms with E-state index in [0.29, 0.717) is 27.5 Å². The van der Waals surface area contributed by atoms with Crippen LogP contribution in [-0.4, -0.2) is 46.1 Å². The van der Waals surface area contributed by atoms with Gasteiger partial charge in [-0.2, -0.15) is 0 Å². The number of benzene rings is 2. The second-order valence-corrected chi connectivity index (χ2v) is 9.25. The van der Waals surface area contributed by atoms with Crippen molar-refractivity contribution in [3.8, 4) is 5.75 Å². The first-order chi connectivity index (χ1) is 13.0. The quantitative estimate of drug-likeness (QED) is 0.871. The van der Waals surface area contributed by atoms with E-state index in [2.05, 4.69) is 17.1 Å². The van der Waals surface area contributed by atoms with Crippen molar-refractivity contribution in [3.05, 3.63) is 48.0 Å². The van der Waals surface area contributed by atoms with Crippen LogP contribution in [0.15, 0.2) is 52.3 Å². The molecule has 6 heteroatoms. The van der Waals surface area contributed by atoms with Crippen LogP contribution < -0.4 is 10.1 Å². The van der Waals surface area contributed by atoms with E-state index in [-0.39, 0.29) is 0 Å². The fraction of sp³-hybridized carbons (Fsp3) is 0.429. The molecule has 5 nitrogen and oxygen atoms in total. The van der Waals surface area contributed by atoms with Gasteiger partial charge < -0.3 is 15.0 Å². The summed E-state index contributed by atoms with van der Waals surface area (Å²) in [6, 6.07) is 12.5. The van der Waals surface area contributed by atoms with Crippen LogP contribution in [0.2, 0.25) is 0 Å². The van der Waals surface area contributed by atoms with Gasteiger partial charge in [-0.05, 0) is 74.0 Å². The van der Waals surface area contributed by atoms with E-state index < -0.39 is 9.84 Å². The lowest BCUT2D eigenvalue weighted by atomic mass is 9.91. The standard InChI is InChI=1S/C21H26N2O3S/c1-3-23-12-10-18-19-14-17(8-9-20(19)22-21(18)11-13-23)27(24,25)16-6-4-15(26-2)5-7-16/h4-9,14,18,21-22H,3,10-13H2,1-2H3/t18-,21-/m1/s1. The summed E-state index contributed by atoms with van der Waals surface area (Å²) in [4.78, 5) is 3.13. The number of nitrogens with zero attached hydrogens (tertiary/aromatic N) is 1. The van der Waals surface area contributed by atoms with Crippen molar-refractivity contribution in [1.82, 2.24) is 4.90 Å². The minimum Gasteiger partial charge on any atom is -0.497 e. The summed E-state index contributed by atoms with van der Waals surface area (Å²) in [5.41, 5.74) is 2.23. The Hall–Kier alpha value is -2.05. The zero-order valence-corrected chi connectivity index (χ0v) is 16.6. The maximum absolute atomic E-state index is 13.1. The number of likely N-dealkylation sites (tertiary alicyclic amines) is 1. The van der Waals surface area contributed by atoms with E-state index in [1.165, 1.54) is 0 Å². The molecule has 144 valence electrons. The average Bonchev–Trinajstić information content (AvgIpc) is 2.91. The third kappa shape index (κ3) is 3.32. The van der Waals surface area contributed by atoms with Gasteiger partial charge in [-0.15, -0.1) is 0 Å². The first-order valence-electron chi connectivity index (χ1n) is 9.55. The molecule has 1 saturated heterocycles. The predicted octanol–water partition coefficient (Wildman–Crippen LogP) is 3.52. The van der Waals surface area contributed by atoms with E-state index in [0.717, 1.165) is 43.7 Å². The molecule has 2 heterocycles. The van der Waals surface area contributed by atoms with Crippen LogP contribution in [-0.2, 0) is 9.84 Å². The summed E-state index contributed by atoms with van der Waals surface area (Å²) >= 11 is 0. The van der Waals surface area contributed by atoms with E-state index in [9.17, 15) is 8.42 Å². The van der Waals surface area contributed by atoms with Gasteiger partial charge in [0.2, 0.25) is 9.84 Å². The molecule has 2 aliphatic heterocycles. The summed E-state index contributed by atoms with van der Waals surface area (Å²) < 4.78 is 31.3. The van der Waals surface area contributed by atoms with E-state index in [1.54, 1.807) is 37.4 Å². The molecule has 4 rings (SSSR count). The molecule has 1 N–H and O–H groups in total. The van der Waals surface area contributed by atoms with Crippen LogP contribution in [0.25, 0.3) is 0 Å². The van der Waals surface area contributed by atoms with Gasteiger partial charge in [0.15, 0.2) is 0 Å². The lowest BCUT2D eigenvalue weighted by Crippen LogP contribution is -2.25. The second-order valence-electron chi connectivity index (χ2n) is 7.30. The molecule has 1 fully saturated rings. The molecule has 2 aliphatic rings. The zero-order valence-electron chi connectivity index (χ0n) is 15.8. The molecular formula is C21H26N2O3S. The van der Waals surface area contributed by atoms with E-state index >= 15 is 0 Å². The van der Waals surface area contributed by atoms with Crippen molar-refractivity contribution in [1.29, 1.82) is 0 Å². The topological polar surface area (TPSA) is 58.6 Å². The van der Waals surface area contributed by atoms with Crippen molar-refractivity contribution in [2.45, 2.75) is 41.5 Å². The van der Waals surface area contributed by atoms with Crippen molar-refractivity contribution < 1.29 is 13.2 Å². The average molecular weight is 387 g/mol. The molecule has 0 bridgehead atoms. The number of anilines is 1. The number of ether oxygens (including phenoxy) is 1. The normalized spacial score (nSPS) is 22.4. The van der Waals surface area contributed by atoms with Crippen molar-refractivity contribution >= 4 is 15.5 Å². The molecule has 27 heavy (non-hydrogen) atoms. The monoisotopic (exact) mass is 386 g/mol. The molecule has 2 aromatic carbocycles. The Balaban J connectivity index is 1.66. The van der Waals surface area contributed by atoms with E-state index in [1.807, 2.05) is 12.1 Å². The third-order valence-electron chi connectivity index (χ3n) is 5.89. The van der Waals surface area contributed by atoms with Gasteiger partial charge in [0.05, 0.1) is 16.9 Å². The van der Waals surface area contributed by atoms with Crippen LogP contribution >= 0.6 is 0 Å². The van der Waals surface area contributed by atoms with Crippen molar-refractivity contribution in [2.75, 3.05) is 32.1 Å². The molecule has 0 amide bonds. The molecule has 0 aliphatic carbocycles. The van der Waals surface area contributed by atoms with Crippen LogP contribution in [0.5, 0.6) is 5.75 Å². The van der Waals surface area contributed by atoms with Gasteiger partial charge in [0, 0.05) is 24.2 Å². The summed E-state index contributed by atoms with van der Waals surface area (Å²) in [6.07, 6.45) is 2.15. The van der Waals surface area contributed by atoms with Crippen molar-refractivity contribution in [3.63, 3.8) is 0 Å². The number of rotatable bonds is 4. The highest BCUT2D eigenvalue weighted by Crippen LogP contribution is 2.42. The molecule has 0 saturated carbocycles. The Bertz CT molecular complexity index is 925. The minimum atomic E-state index is -3.54. The zero-order chi connectivity index (χ0) is 19.0. The van der Waals surface area contributed by atoms with Crippen LogP contribution in [0.1, 0.15) is 31.2 Å². The van der Waals surface area contributed by atoms with Gasteiger partial charge in [-0.25, -0.2) is 8.42 Å². The molecule has 2 aromatic rings. The molecule has 0 radical (unpaired) electrons. The number of hydrogen-bond donors (Lipinski definition) is 1. The summed E-state index contributed by atoms with van der Waals surface area (Å²) in [6.45, 7) is 5.42. The lowest BCUT2D eigenvalue weighted by Gasteiger charge is -2.17. The maximum Gasteiger partial charge on any atom is 0.206 e. The summed E-state index contributed by atoms with van der Waals surface area (Å²) in [5.74, 6) is 1.02. The van der Waals surface area contributed by atoms with Gasteiger partial charge >= 0.3 is 0 Å². The fourth-order valence-corrected chi connectivity index (χ4v) is 5.55. The van der Waals surface area contributed by atoms with Crippen LogP contribution in [0.3, 0.4) is 0 Å². The number of sulfone groups is 1. The molecular weight excluding hydrogens is 360 g/mol. The number of nitrogens with one attached hydrogen (secondary N) is 1. The third-order valence-corrected chi connectivity index (χ3v) is 7.66. The van der Waals surface area contributed by atoms with Crippen molar-refractivity contribution in [2.24, 2.45) is 0 Å². The van der Waals surface area contributed by atoms with Crippen LogP contribution in [0.4, 0.5) is 5.69 Å². The first-order valence-corrected chi connectivity index (χ1v) is 11.0. The smallest absolute Gasteiger partial charge is 0.206 e. The Morgan fingerprint density at radius 3 is 2.48 bits per heavy atom. The number of hydrogen-bond acceptors (Lipinski definition) is 5. The predicted molar refractivity (Wildman–Crippen MR) is 106 cm³/mol. The fourth-order valence-electron chi connectivity index (χ4n) is 4.26. The number of methoxy groups -OCH3 is 1. The molecule has 0 aromatic heterocycles. The van der Waals surface area contributed by atoms with Crippen LogP contribution in [0, 0.1) is 0 Å². The SMILES string of the molecule is CCN1CC[C@@H]2c3cc(S(=O)(=O)c4ccc(OC)cc4)ccc3N[C@@H]2CC1. The van der Waals surface area contributed by atoms with Gasteiger partial charge in [-0.1, -0.05) is 6.92 Å². The Labute approximate surface area is 161 Å². The Morgan fingerprint density at radius 1 is 1.07 bits per heavy atom. The number of fused-ring (bicyclic) bond motifs is 3. The highest BCUT2D eigenvalue weighted by Gasteiger charge is 2.35. The van der Waals surface area contributed by atoms with E-state index in [4.69, 9.17) is 4.74 Å².